The van der Waals surface area contributed by atoms with Crippen LogP contribution in [0.1, 0.15) is 0 Å². The fourth-order valence-corrected chi connectivity index (χ4v) is 9.31. The van der Waals surface area contributed by atoms with Crippen molar-refractivity contribution in [2.24, 2.45) is 0 Å². The van der Waals surface area contributed by atoms with Crippen molar-refractivity contribution in [3.05, 3.63) is 164 Å². The Morgan fingerprint density at radius 2 is 0.812 bits per heavy atom. The average molecular weight is 638 g/mol. The van der Waals surface area contributed by atoms with Crippen molar-refractivity contribution in [2.75, 3.05) is 4.31 Å². The molecule has 7 aromatic carbocycles. The fourth-order valence-electron chi connectivity index (χ4n) is 7.59. The Kier molecular flexibility index (Phi) is 5.60. The minimum absolute atomic E-state index is 0.295. The zero-order chi connectivity index (χ0) is 32.0. The monoisotopic (exact) mass is 637 g/mol. The summed E-state index contributed by atoms with van der Waals surface area (Å²) in [7, 11) is -4.01. The first kappa shape index (κ1) is 27.0. The second-order valence-corrected chi connectivity index (χ2v) is 14.0. The molecule has 0 saturated heterocycles. The first-order valence-corrected chi connectivity index (χ1v) is 17.4. The van der Waals surface area contributed by atoms with Crippen LogP contribution in [0.4, 0.5) is 11.4 Å². The molecule has 228 valence electrons. The van der Waals surface area contributed by atoms with E-state index in [2.05, 4.69) is 81.9 Å². The van der Waals surface area contributed by atoms with Crippen molar-refractivity contribution in [1.82, 2.24) is 9.13 Å². The summed E-state index contributed by atoms with van der Waals surface area (Å²) in [4.78, 5) is 0.295. The molecule has 0 aliphatic carbocycles. The molecule has 2 aromatic heterocycles. The molecule has 3 heterocycles. The predicted molar refractivity (Wildman–Crippen MR) is 196 cm³/mol. The van der Waals surface area contributed by atoms with Gasteiger partial charge in [0.15, 0.2) is 0 Å². The SMILES string of the molecule is O=S1(=O)c2cc3c4ccccc4n(-c4ccccc4)c3cc2-c2cc3c(cc2N1c1ccccc1)c1ccccc1n3-c1ccccc1. The Balaban J connectivity index is 1.38. The summed E-state index contributed by atoms with van der Waals surface area (Å²) in [6.45, 7) is 0. The number of benzene rings is 7. The number of hydrogen-bond acceptors (Lipinski definition) is 2. The summed E-state index contributed by atoms with van der Waals surface area (Å²) in [6, 6.07) is 54.8. The number of fused-ring (bicyclic) bond motifs is 9. The van der Waals surface area contributed by atoms with Crippen LogP contribution >= 0.6 is 0 Å². The molecule has 0 bridgehead atoms. The fraction of sp³-hybridized carbons (Fsp3) is 0. The summed E-state index contributed by atoms with van der Waals surface area (Å²) in [5.74, 6) is 0. The quantitative estimate of drug-likeness (QED) is 0.194. The number of sulfonamides is 1. The number of nitrogens with zero attached hydrogens (tertiary/aromatic N) is 3. The Morgan fingerprint density at radius 3 is 1.35 bits per heavy atom. The van der Waals surface area contributed by atoms with Gasteiger partial charge in [-0.2, -0.15) is 0 Å². The highest BCUT2D eigenvalue weighted by molar-refractivity contribution is 7.93. The normalized spacial score (nSPS) is 13.7. The standard InChI is InChI=1S/C42H27N3O2S/c46-48(47)42-27-35-32-21-11-13-23-38(32)44(29-16-6-2-7-17-29)40(35)26-36(42)34-24-39-33(25-41(34)45(48)30-18-8-3-9-19-30)31-20-10-12-22-37(31)43(39)28-14-4-1-5-15-28/h1-27H. The van der Waals surface area contributed by atoms with E-state index in [4.69, 9.17) is 0 Å². The second kappa shape index (κ2) is 9.94. The average Bonchev–Trinajstić information content (AvgIpc) is 3.63. The topological polar surface area (TPSA) is 47.2 Å². The molecule has 5 nitrogen and oxygen atoms in total. The molecule has 1 aliphatic rings. The van der Waals surface area contributed by atoms with Gasteiger partial charge >= 0.3 is 0 Å². The van der Waals surface area contributed by atoms with Crippen LogP contribution in [0.15, 0.2) is 169 Å². The highest BCUT2D eigenvalue weighted by Gasteiger charge is 2.38. The van der Waals surface area contributed by atoms with Crippen LogP contribution in [0, 0.1) is 0 Å². The summed E-state index contributed by atoms with van der Waals surface area (Å²) in [5.41, 5.74) is 8.93. The van der Waals surface area contributed by atoms with Crippen LogP contribution in [0.25, 0.3) is 66.1 Å². The van der Waals surface area contributed by atoms with Crippen LogP contribution in [0.2, 0.25) is 0 Å². The van der Waals surface area contributed by atoms with Crippen molar-refractivity contribution in [3.63, 3.8) is 0 Å². The molecule has 0 N–H and O–H groups in total. The largest absolute Gasteiger partial charge is 0.309 e. The van der Waals surface area contributed by atoms with E-state index in [1.807, 2.05) is 91.0 Å². The molecule has 0 spiro atoms. The first-order chi connectivity index (χ1) is 23.6. The van der Waals surface area contributed by atoms with Crippen molar-refractivity contribution in [3.8, 4) is 22.5 Å². The molecular formula is C42H27N3O2S. The molecule has 48 heavy (non-hydrogen) atoms. The van der Waals surface area contributed by atoms with Gasteiger partial charge in [-0.1, -0.05) is 91.0 Å². The molecule has 6 heteroatoms. The van der Waals surface area contributed by atoms with Gasteiger partial charge in [0.2, 0.25) is 0 Å². The van der Waals surface area contributed by atoms with Crippen LogP contribution < -0.4 is 4.31 Å². The highest BCUT2D eigenvalue weighted by Crippen LogP contribution is 2.51. The maximum absolute atomic E-state index is 15.0. The minimum Gasteiger partial charge on any atom is -0.309 e. The Labute approximate surface area is 277 Å². The van der Waals surface area contributed by atoms with Gasteiger partial charge in [-0.3, -0.25) is 0 Å². The van der Waals surface area contributed by atoms with E-state index in [1.165, 1.54) is 4.31 Å². The van der Waals surface area contributed by atoms with Gasteiger partial charge in [0.05, 0.1) is 38.3 Å². The number of hydrogen-bond donors (Lipinski definition) is 0. The lowest BCUT2D eigenvalue weighted by Crippen LogP contribution is -2.30. The van der Waals surface area contributed by atoms with Gasteiger partial charge in [-0.15, -0.1) is 0 Å². The van der Waals surface area contributed by atoms with E-state index in [0.717, 1.165) is 60.5 Å². The number of rotatable bonds is 3. The molecule has 0 saturated carbocycles. The Bertz CT molecular complexity index is 2840. The third-order valence-electron chi connectivity index (χ3n) is 9.61. The molecular weight excluding hydrogens is 611 g/mol. The van der Waals surface area contributed by atoms with E-state index in [0.29, 0.717) is 21.8 Å². The molecule has 10 rings (SSSR count). The summed E-state index contributed by atoms with van der Waals surface area (Å²) in [5, 5.41) is 3.96. The van der Waals surface area contributed by atoms with Crippen molar-refractivity contribution in [1.29, 1.82) is 0 Å². The molecule has 0 radical (unpaired) electrons. The molecule has 0 atom stereocenters. The lowest BCUT2D eigenvalue weighted by atomic mass is 9.98. The lowest BCUT2D eigenvalue weighted by molar-refractivity contribution is 0.596. The Morgan fingerprint density at radius 1 is 0.375 bits per heavy atom. The number of anilines is 2. The maximum atomic E-state index is 15.0. The van der Waals surface area contributed by atoms with Crippen molar-refractivity contribution >= 4 is 65.0 Å². The third kappa shape index (κ3) is 3.69. The molecule has 9 aromatic rings. The van der Waals surface area contributed by atoms with E-state index in [1.54, 1.807) is 0 Å². The van der Waals surface area contributed by atoms with Crippen LogP contribution in [-0.4, -0.2) is 17.6 Å². The van der Waals surface area contributed by atoms with E-state index >= 15 is 0 Å². The Hall–Kier alpha value is -6.11. The predicted octanol–water partition coefficient (Wildman–Crippen LogP) is 10.4. The molecule has 0 unspecified atom stereocenters. The summed E-state index contributed by atoms with van der Waals surface area (Å²) in [6.07, 6.45) is 0. The van der Waals surface area contributed by atoms with E-state index in [-0.39, 0.29) is 0 Å². The maximum Gasteiger partial charge on any atom is 0.269 e. The highest BCUT2D eigenvalue weighted by atomic mass is 32.2. The van der Waals surface area contributed by atoms with Gasteiger partial charge in [-0.05, 0) is 72.8 Å². The lowest BCUT2D eigenvalue weighted by Gasteiger charge is -2.32. The second-order valence-electron chi connectivity index (χ2n) is 12.2. The molecule has 1 aliphatic heterocycles. The molecule has 0 fully saturated rings. The summed E-state index contributed by atoms with van der Waals surface area (Å²) < 4.78 is 36.0. The van der Waals surface area contributed by atoms with Crippen LogP contribution in [0.5, 0.6) is 0 Å². The smallest absolute Gasteiger partial charge is 0.269 e. The minimum atomic E-state index is -4.01. The van der Waals surface area contributed by atoms with Gasteiger partial charge < -0.3 is 9.13 Å². The first-order valence-electron chi connectivity index (χ1n) is 16.0. The van der Waals surface area contributed by atoms with E-state index < -0.39 is 10.0 Å². The van der Waals surface area contributed by atoms with Gasteiger partial charge in [-0.25, -0.2) is 12.7 Å². The molecule has 0 amide bonds. The van der Waals surface area contributed by atoms with Gasteiger partial charge in [0.1, 0.15) is 0 Å². The number of para-hydroxylation sites is 5. The van der Waals surface area contributed by atoms with Crippen molar-refractivity contribution < 1.29 is 8.42 Å². The number of aromatic nitrogens is 2. The third-order valence-corrected chi connectivity index (χ3v) is 11.4. The van der Waals surface area contributed by atoms with Gasteiger partial charge in [0.25, 0.3) is 10.0 Å². The van der Waals surface area contributed by atoms with Gasteiger partial charge in [0, 0.05) is 44.0 Å². The summed E-state index contributed by atoms with van der Waals surface area (Å²) >= 11 is 0. The van der Waals surface area contributed by atoms with Crippen LogP contribution in [-0.2, 0) is 10.0 Å². The van der Waals surface area contributed by atoms with Crippen molar-refractivity contribution in [2.45, 2.75) is 4.90 Å². The zero-order valence-electron chi connectivity index (χ0n) is 25.7. The zero-order valence-corrected chi connectivity index (χ0v) is 26.5. The van der Waals surface area contributed by atoms with E-state index in [9.17, 15) is 8.42 Å². The van der Waals surface area contributed by atoms with Crippen LogP contribution in [0.3, 0.4) is 0 Å².